The number of hydrogen-bond donors (Lipinski definition) is 1. The van der Waals surface area contributed by atoms with Gasteiger partial charge in [0.1, 0.15) is 0 Å². The molecule has 10 heavy (non-hydrogen) atoms. The lowest BCUT2D eigenvalue weighted by Crippen LogP contribution is -2.53. The second-order valence-electron chi connectivity index (χ2n) is 2.83. The van der Waals surface area contributed by atoms with E-state index >= 15 is 0 Å². The van der Waals surface area contributed by atoms with Crippen molar-refractivity contribution >= 4 is 6.41 Å². The maximum Gasteiger partial charge on any atom is 0.207 e. The Morgan fingerprint density at radius 1 is 1.70 bits per heavy atom. The van der Waals surface area contributed by atoms with Gasteiger partial charge in [-0.3, -0.25) is 4.79 Å². The zero-order valence-corrected chi connectivity index (χ0v) is 6.22. The van der Waals surface area contributed by atoms with E-state index in [1.54, 1.807) is 7.11 Å². The molecule has 0 atom stereocenters. The number of carbonyl (C=O) groups excluding carboxylic acids is 1. The largest absolute Gasteiger partial charge is 0.382 e. The molecule has 1 aliphatic carbocycles. The smallest absolute Gasteiger partial charge is 0.207 e. The lowest BCUT2D eigenvalue weighted by Gasteiger charge is -2.40. The van der Waals surface area contributed by atoms with Gasteiger partial charge in [0.25, 0.3) is 0 Å². The average molecular weight is 143 g/mol. The number of nitrogens with one attached hydrogen (secondary N) is 1. The topological polar surface area (TPSA) is 38.3 Å². The summed E-state index contributed by atoms with van der Waals surface area (Å²) in [6, 6.07) is 0. The normalized spacial score (nSPS) is 21.3. The van der Waals surface area contributed by atoms with E-state index in [-0.39, 0.29) is 5.54 Å². The number of methoxy groups -OCH3 is 1. The molecule has 1 fully saturated rings. The number of rotatable bonds is 4. The van der Waals surface area contributed by atoms with Crippen LogP contribution in [0.15, 0.2) is 0 Å². The molecule has 0 aromatic heterocycles. The predicted molar refractivity (Wildman–Crippen MR) is 37.7 cm³/mol. The predicted octanol–water partition coefficient (Wildman–Crippen LogP) is 0.301. The fourth-order valence-corrected chi connectivity index (χ4v) is 1.34. The summed E-state index contributed by atoms with van der Waals surface area (Å²) in [7, 11) is 1.66. The van der Waals surface area contributed by atoms with Crippen molar-refractivity contribution in [3.8, 4) is 0 Å². The van der Waals surface area contributed by atoms with E-state index in [0.717, 1.165) is 19.3 Å². The molecule has 0 aromatic rings. The van der Waals surface area contributed by atoms with Gasteiger partial charge in [0.05, 0.1) is 12.1 Å². The van der Waals surface area contributed by atoms with Crippen LogP contribution in [0.25, 0.3) is 0 Å². The summed E-state index contributed by atoms with van der Waals surface area (Å²) >= 11 is 0. The summed E-state index contributed by atoms with van der Waals surface area (Å²) in [6.45, 7) is 0.645. The lowest BCUT2D eigenvalue weighted by atomic mass is 9.77. The van der Waals surface area contributed by atoms with Crippen LogP contribution in [0, 0.1) is 0 Å². The molecule has 0 aromatic carbocycles. The van der Waals surface area contributed by atoms with Crippen LogP contribution in [0.2, 0.25) is 0 Å². The van der Waals surface area contributed by atoms with Gasteiger partial charge in [-0.1, -0.05) is 0 Å². The summed E-state index contributed by atoms with van der Waals surface area (Å²) in [4.78, 5) is 10.1. The molecule has 0 aliphatic heterocycles. The van der Waals surface area contributed by atoms with Crippen LogP contribution in [0.3, 0.4) is 0 Å². The number of carbonyl (C=O) groups is 1. The van der Waals surface area contributed by atoms with E-state index in [1.807, 2.05) is 0 Å². The highest BCUT2D eigenvalue weighted by molar-refractivity contribution is 5.48. The van der Waals surface area contributed by atoms with Crippen molar-refractivity contribution in [3.63, 3.8) is 0 Å². The molecule has 0 spiro atoms. The SMILES string of the molecule is COCC1(NC=O)CCC1. The first-order valence-electron chi connectivity index (χ1n) is 3.53. The summed E-state index contributed by atoms with van der Waals surface area (Å²) in [5, 5.41) is 2.79. The first-order valence-corrected chi connectivity index (χ1v) is 3.53. The summed E-state index contributed by atoms with van der Waals surface area (Å²) in [5.74, 6) is 0. The van der Waals surface area contributed by atoms with Crippen molar-refractivity contribution in [1.29, 1.82) is 0 Å². The van der Waals surface area contributed by atoms with Gasteiger partial charge in [0.15, 0.2) is 0 Å². The van der Waals surface area contributed by atoms with Crippen LogP contribution in [-0.2, 0) is 9.53 Å². The Morgan fingerprint density at radius 2 is 2.40 bits per heavy atom. The van der Waals surface area contributed by atoms with E-state index in [4.69, 9.17) is 4.74 Å². The minimum atomic E-state index is -0.0174. The van der Waals surface area contributed by atoms with E-state index in [2.05, 4.69) is 5.32 Å². The van der Waals surface area contributed by atoms with Crippen molar-refractivity contribution in [2.45, 2.75) is 24.8 Å². The van der Waals surface area contributed by atoms with Gasteiger partial charge < -0.3 is 10.1 Å². The first-order chi connectivity index (χ1) is 4.83. The zero-order valence-electron chi connectivity index (χ0n) is 6.22. The van der Waals surface area contributed by atoms with E-state index in [0.29, 0.717) is 6.61 Å². The molecule has 0 bridgehead atoms. The highest BCUT2D eigenvalue weighted by atomic mass is 16.5. The van der Waals surface area contributed by atoms with Crippen LogP contribution < -0.4 is 5.32 Å². The second-order valence-corrected chi connectivity index (χ2v) is 2.83. The fourth-order valence-electron chi connectivity index (χ4n) is 1.34. The Morgan fingerprint density at radius 3 is 2.70 bits per heavy atom. The van der Waals surface area contributed by atoms with E-state index in [9.17, 15) is 4.79 Å². The minimum absolute atomic E-state index is 0.0174. The van der Waals surface area contributed by atoms with Crippen molar-refractivity contribution in [3.05, 3.63) is 0 Å². The number of hydrogen-bond acceptors (Lipinski definition) is 2. The Bertz CT molecular complexity index is 121. The molecule has 1 N–H and O–H groups in total. The van der Waals surface area contributed by atoms with Crippen LogP contribution >= 0.6 is 0 Å². The average Bonchev–Trinajstić information content (AvgIpc) is 1.84. The third kappa shape index (κ3) is 1.29. The lowest BCUT2D eigenvalue weighted by molar-refractivity contribution is -0.113. The minimum Gasteiger partial charge on any atom is -0.382 e. The van der Waals surface area contributed by atoms with Gasteiger partial charge >= 0.3 is 0 Å². The number of amides is 1. The Hall–Kier alpha value is -0.570. The van der Waals surface area contributed by atoms with Crippen molar-refractivity contribution in [2.24, 2.45) is 0 Å². The standard InChI is InChI=1S/C7H13NO2/c1-10-5-7(8-6-9)3-2-4-7/h6H,2-5H2,1H3,(H,8,9). The Balaban J connectivity index is 2.34. The summed E-state index contributed by atoms with van der Waals surface area (Å²) < 4.78 is 4.98. The molecule has 0 heterocycles. The molecule has 1 rings (SSSR count). The van der Waals surface area contributed by atoms with Crippen LogP contribution in [0.4, 0.5) is 0 Å². The molecule has 1 amide bonds. The molecule has 1 aliphatic rings. The number of ether oxygens (including phenoxy) is 1. The van der Waals surface area contributed by atoms with Gasteiger partial charge in [0.2, 0.25) is 6.41 Å². The van der Waals surface area contributed by atoms with Crippen molar-refractivity contribution < 1.29 is 9.53 Å². The molecule has 3 nitrogen and oxygen atoms in total. The van der Waals surface area contributed by atoms with Crippen LogP contribution in [0.5, 0.6) is 0 Å². The highest BCUT2D eigenvalue weighted by Gasteiger charge is 2.36. The van der Waals surface area contributed by atoms with Gasteiger partial charge in [-0.25, -0.2) is 0 Å². The molecule has 0 radical (unpaired) electrons. The van der Waals surface area contributed by atoms with Gasteiger partial charge in [-0.2, -0.15) is 0 Å². The zero-order chi connectivity index (χ0) is 7.45. The molecule has 3 heteroatoms. The Labute approximate surface area is 60.7 Å². The van der Waals surface area contributed by atoms with Gasteiger partial charge in [-0.05, 0) is 19.3 Å². The highest BCUT2D eigenvalue weighted by Crippen LogP contribution is 2.31. The van der Waals surface area contributed by atoms with Gasteiger partial charge in [-0.15, -0.1) is 0 Å². The third-order valence-corrected chi connectivity index (χ3v) is 2.10. The summed E-state index contributed by atoms with van der Waals surface area (Å²) in [5.41, 5.74) is -0.0174. The molecule has 58 valence electrons. The summed E-state index contributed by atoms with van der Waals surface area (Å²) in [6.07, 6.45) is 4.07. The van der Waals surface area contributed by atoms with E-state index in [1.165, 1.54) is 6.42 Å². The van der Waals surface area contributed by atoms with Crippen LogP contribution in [0.1, 0.15) is 19.3 Å². The van der Waals surface area contributed by atoms with Gasteiger partial charge in [0, 0.05) is 7.11 Å². The molecule has 1 saturated carbocycles. The quantitative estimate of drug-likeness (QED) is 0.575. The third-order valence-electron chi connectivity index (χ3n) is 2.10. The fraction of sp³-hybridized carbons (Fsp3) is 0.857. The van der Waals surface area contributed by atoms with Crippen molar-refractivity contribution in [2.75, 3.05) is 13.7 Å². The maximum absolute atomic E-state index is 10.1. The molecular formula is C7H13NO2. The Kier molecular flexibility index (Phi) is 2.27. The monoisotopic (exact) mass is 143 g/mol. The van der Waals surface area contributed by atoms with E-state index < -0.39 is 0 Å². The van der Waals surface area contributed by atoms with Crippen LogP contribution in [-0.4, -0.2) is 25.7 Å². The molecule has 0 unspecified atom stereocenters. The molecule has 0 saturated heterocycles. The second kappa shape index (κ2) is 3.01. The molecular weight excluding hydrogens is 130 g/mol. The first kappa shape index (κ1) is 7.54. The maximum atomic E-state index is 10.1. The van der Waals surface area contributed by atoms with Crippen molar-refractivity contribution in [1.82, 2.24) is 5.32 Å².